The van der Waals surface area contributed by atoms with Crippen LogP contribution in [-0.4, -0.2) is 42.8 Å². The van der Waals surface area contributed by atoms with E-state index in [2.05, 4.69) is 41.5 Å². The zero-order chi connectivity index (χ0) is 12.5. The molecule has 2 N–H and O–H groups in total. The summed E-state index contributed by atoms with van der Waals surface area (Å²) >= 11 is 0. The fourth-order valence-corrected chi connectivity index (χ4v) is 1.76. The number of hydrogen-bond acceptors (Lipinski definition) is 3. The van der Waals surface area contributed by atoms with Crippen molar-refractivity contribution in [2.24, 2.45) is 0 Å². The first-order valence-electron chi connectivity index (χ1n) is 6.29. The van der Waals surface area contributed by atoms with Crippen molar-refractivity contribution in [1.29, 1.82) is 0 Å². The predicted molar refractivity (Wildman–Crippen MR) is 71.9 cm³/mol. The van der Waals surface area contributed by atoms with Gasteiger partial charge in [-0.05, 0) is 39.0 Å². The van der Waals surface area contributed by atoms with Crippen molar-refractivity contribution in [3.63, 3.8) is 0 Å². The highest BCUT2D eigenvalue weighted by molar-refractivity contribution is 5.14. The molecule has 1 atom stereocenters. The van der Waals surface area contributed by atoms with Crippen molar-refractivity contribution < 1.29 is 5.11 Å². The Bertz CT molecular complexity index is 288. The minimum absolute atomic E-state index is 0.253. The van der Waals surface area contributed by atoms with Crippen LogP contribution in [0.4, 0.5) is 0 Å². The molecule has 96 valence electrons. The van der Waals surface area contributed by atoms with Crippen LogP contribution in [-0.2, 0) is 6.54 Å². The Kier molecular flexibility index (Phi) is 6.86. The molecule has 0 bridgehead atoms. The first-order chi connectivity index (χ1) is 8.18. The summed E-state index contributed by atoms with van der Waals surface area (Å²) < 4.78 is 0. The molecule has 1 rings (SSSR count). The van der Waals surface area contributed by atoms with E-state index in [-0.39, 0.29) is 6.10 Å². The lowest BCUT2D eigenvalue weighted by Gasteiger charge is -2.16. The lowest BCUT2D eigenvalue weighted by atomic mass is 10.2. The van der Waals surface area contributed by atoms with Crippen molar-refractivity contribution in [1.82, 2.24) is 10.2 Å². The molecule has 0 saturated carbocycles. The number of aliphatic hydroxyl groups is 1. The third kappa shape index (κ3) is 7.10. The van der Waals surface area contributed by atoms with Crippen molar-refractivity contribution in [2.45, 2.75) is 26.0 Å². The third-order valence-corrected chi connectivity index (χ3v) is 2.63. The number of benzene rings is 1. The van der Waals surface area contributed by atoms with Gasteiger partial charge in [-0.25, -0.2) is 0 Å². The predicted octanol–water partition coefficient (Wildman–Crippen LogP) is 1.48. The molecule has 0 aromatic heterocycles. The van der Waals surface area contributed by atoms with Gasteiger partial charge in [-0.15, -0.1) is 0 Å². The maximum absolute atomic E-state index is 9.08. The second-order valence-corrected chi connectivity index (χ2v) is 4.63. The molecule has 3 heteroatoms. The Labute approximate surface area is 104 Å². The maximum Gasteiger partial charge on any atom is 0.0636 e. The Morgan fingerprint density at radius 1 is 1.29 bits per heavy atom. The van der Waals surface area contributed by atoms with Gasteiger partial charge in [0.05, 0.1) is 6.10 Å². The van der Waals surface area contributed by atoms with Crippen LogP contribution in [0.25, 0.3) is 0 Å². The highest BCUT2D eigenvalue weighted by atomic mass is 16.3. The molecule has 17 heavy (non-hydrogen) atoms. The van der Waals surface area contributed by atoms with Gasteiger partial charge in [-0.1, -0.05) is 30.3 Å². The fourth-order valence-electron chi connectivity index (χ4n) is 1.76. The van der Waals surface area contributed by atoms with E-state index < -0.39 is 0 Å². The molecule has 0 spiro atoms. The van der Waals surface area contributed by atoms with Crippen molar-refractivity contribution in [3.05, 3.63) is 35.9 Å². The molecule has 1 aromatic rings. The molecular weight excluding hydrogens is 212 g/mol. The molecule has 0 heterocycles. The van der Waals surface area contributed by atoms with Gasteiger partial charge in [0.15, 0.2) is 0 Å². The number of nitrogens with one attached hydrogen (secondary N) is 1. The Balaban J connectivity index is 2.07. The van der Waals surface area contributed by atoms with Crippen LogP contribution in [0.15, 0.2) is 30.3 Å². The molecule has 0 radical (unpaired) electrons. The second kappa shape index (κ2) is 8.23. The van der Waals surface area contributed by atoms with Crippen molar-refractivity contribution in [2.75, 3.05) is 26.7 Å². The number of nitrogens with zero attached hydrogens (tertiary/aromatic N) is 1. The molecule has 3 nitrogen and oxygen atoms in total. The van der Waals surface area contributed by atoms with Crippen molar-refractivity contribution >= 4 is 0 Å². The molecule has 0 fully saturated rings. The van der Waals surface area contributed by atoms with Gasteiger partial charge in [0.2, 0.25) is 0 Å². The summed E-state index contributed by atoms with van der Waals surface area (Å²) in [7, 11) is 2.14. The van der Waals surface area contributed by atoms with E-state index in [0.29, 0.717) is 6.54 Å². The molecule has 0 aliphatic carbocycles. The summed E-state index contributed by atoms with van der Waals surface area (Å²) in [5.41, 5.74) is 1.35. The lowest BCUT2D eigenvalue weighted by Crippen LogP contribution is -2.28. The fraction of sp³-hybridized carbons (Fsp3) is 0.571. The maximum atomic E-state index is 9.08. The summed E-state index contributed by atoms with van der Waals surface area (Å²) in [6, 6.07) is 10.5. The van der Waals surface area contributed by atoms with Crippen LogP contribution in [0, 0.1) is 0 Å². The average Bonchev–Trinajstić information content (AvgIpc) is 2.29. The largest absolute Gasteiger partial charge is 0.392 e. The Hall–Kier alpha value is -0.900. The molecule has 0 aliphatic rings. The zero-order valence-corrected chi connectivity index (χ0v) is 10.9. The topological polar surface area (TPSA) is 35.5 Å². The van der Waals surface area contributed by atoms with Crippen LogP contribution in [0.5, 0.6) is 0 Å². The van der Waals surface area contributed by atoms with Gasteiger partial charge in [0.25, 0.3) is 0 Å². The van der Waals surface area contributed by atoms with Gasteiger partial charge in [-0.2, -0.15) is 0 Å². The van der Waals surface area contributed by atoms with Gasteiger partial charge in [0, 0.05) is 13.1 Å². The van der Waals surface area contributed by atoms with Gasteiger partial charge >= 0.3 is 0 Å². The summed E-state index contributed by atoms with van der Waals surface area (Å²) in [5, 5.41) is 12.3. The average molecular weight is 236 g/mol. The zero-order valence-electron chi connectivity index (χ0n) is 10.9. The third-order valence-electron chi connectivity index (χ3n) is 2.63. The highest BCUT2D eigenvalue weighted by Gasteiger charge is 2.00. The van der Waals surface area contributed by atoms with E-state index in [0.717, 1.165) is 26.1 Å². The summed E-state index contributed by atoms with van der Waals surface area (Å²) in [6.07, 6.45) is 0.854. The van der Waals surface area contributed by atoms with Crippen molar-refractivity contribution in [3.8, 4) is 0 Å². The number of rotatable bonds is 8. The van der Waals surface area contributed by atoms with Crippen LogP contribution < -0.4 is 5.32 Å². The molecule has 0 saturated heterocycles. The van der Waals surface area contributed by atoms with Crippen LogP contribution >= 0.6 is 0 Å². The molecule has 1 aromatic carbocycles. The van der Waals surface area contributed by atoms with E-state index in [1.54, 1.807) is 6.92 Å². The molecule has 0 amide bonds. The first kappa shape index (κ1) is 14.2. The minimum Gasteiger partial charge on any atom is -0.392 e. The highest BCUT2D eigenvalue weighted by Crippen LogP contribution is 2.02. The normalized spacial score (nSPS) is 12.9. The quantitative estimate of drug-likeness (QED) is 0.671. The summed E-state index contributed by atoms with van der Waals surface area (Å²) in [6.45, 7) is 5.51. The van der Waals surface area contributed by atoms with Gasteiger partial charge in [-0.3, -0.25) is 0 Å². The lowest BCUT2D eigenvalue weighted by molar-refractivity contribution is 0.190. The summed E-state index contributed by atoms with van der Waals surface area (Å²) in [4.78, 5) is 2.32. The number of aliphatic hydroxyl groups excluding tert-OH is 1. The van der Waals surface area contributed by atoms with Gasteiger partial charge in [0.1, 0.15) is 0 Å². The minimum atomic E-state index is -0.253. The van der Waals surface area contributed by atoms with E-state index in [1.807, 2.05) is 6.07 Å². The smallest absolute Gasteiger partial charge is 0.0636 e. The standard InChI is InChI=1S/C14H24N2O/c1-13(17)11-15-9-6-10-16(2)12-14-7-4-3-5-8-14/h3-5,7-8,13,15,17H,6,9-12H2,1-2H3/t13-/m0/s1. The molecular formula is C14H24N2O. The van der Waals surface area contributed by atoms with Gasteiger partial charge < -0.3 is 15.3 Å². The first-order valence-corrected chi connectivity index (χ1v) is 6.29. The van der Waals surface area contributed by atoms with Crippen LogP contribution in [0.2, 0.25) is 0 Å². The van der Waals surface area contributed by atoms with Crippen LogP contribution in [0.1, 0.15) is 18.9 Å². The molecule has 0 aliphatic heterocycles. The SMILES string of the molecule is C[C@H](O)CNCCCN(C)Cc1ccccc1. The van der Waals surface area contributed by atoms with Crippen LogP contribution in [0.3, 0.4) is 0 Å². The Morgan fingerprint density at radius 3 is 2.65 bits per heavy atom. The monoisotopic (exact) mass is 236 g/mol. The van der Waals surface area contributed by atoms with E-state index >= 15 is 0 Å². The Morgan fingerprint density at radius 2 is 2.00 bits per heavy atom. The summed E-state index contributed by atoms with van der Waals surface area (Å²) in [5.74, 6) is 0. The molecule has 0 unspecified atom stereocenters. The van der Waals surface area contributed by atoms with E-state index in [1.165, 1.54) is 5.56 Å². The van der Waals surface area contributed by atoms with E-state index in [9.17, 15) is 0 Å². The van der Waals surface area contributed by atoms with E-state index in [4.69, 9.17) is 5.11 Å². The second-order valence-electron chi connectivity index (χ2n) is 4.63. The number of hydrogen-bond donors (Lipinski definition) is 2.